The second-order valence-corrected chi connectivity index (χ2v) is 5.41. The van der Waals surface area contributed by atoms with Crippen LogP contribution in [-0.4, -0.2) is 23.6 Å². The summed E-state index contributed by atoms with van der Waals surface area (Å²) in [6, 6.07) is 7.87. The molecule has 0 atom stereocenters. The van der Waals surface area contributed by atoms with Gasteiger partial charge in [0.15, 0.2) is 0 Å². The third kappa shape index (κ3) is 4.63. The standard InChI is InChI=1S/C16H18N8O5/c17-21-13(25)9-3-1-7(5-11(9)15(27)23-19)29-8-2-4-10(14(26)22-18)12(6-8)16(28)24-20/h1-6H,17-20H2,(H,21,25)(H,22,26)(H,23,27)(H,24,28). The Morgan fingerprint density at radius 2 is 0.862 bits per heavy atom. The van der Waals surface area contributed by atoms with E-state index in [9.17, 15) is 19.2 Å². The van der Waals surface area contributed by atoms with Crippen LogP contribution in [0.5, 0.6) is 11.5 Å². The summed E-state index contributed by atoms with van der Waals surface area (Å²) in [6.45, 7) is 0. The number of carbonyl (C=O) groups is 4. The number of hydrazine groups is 4. The van der Waals surface area contributed by atoms with Crippen molar-refractivity contribution in [1.82, 2.24) is 21.7 Å². The number of amides is 4. The van der Waals surface area contributed by atoms with Gasteiger partial charge in [0.2, 0.25) is 0 Å². The molecule has 0 aliphatic carbocycles. The first-order valence-corrected chi connectivity index (χ1v) is 7.86. The van der Waals surface area contributed by atoms with Crippen LogP contribution >= 0.6 is 0 Å². The first kappa shape index (κ1) is 21.3. The van der Waals surface area contributed by atoms with E-state index in [1.165, 1.54) is 36.4 Å². The third-order valence-electron chi connectivity index (χ3n) is 3.72. The van der Waals surface area contributed by atoms with Gasteiger partial charge in [-0.1, -0.05) is 0 Å². The van der Waals surface area contributed by atoms with E-state index in [2.05, 4.69) is 0 Å². The molecule has 0 bridgehead atoms. The largest absolute Gasteiger partial charge is 0.457 e. The zero-order valence-electron chi connectivity index (χ0n) is 14.8. The molecule has 2 rings (SSSR count). The van der Waals surface area contributed by atoms with Crippen molar-refractivity contribution in [2.45, 2.75) is 0 Å². The maximum absolute atomic E-state index is 12.0. The van der Waals surface area contributed by atoms with Crippen molar-refractivity contribution in [2.75, 3.05) is 0 Å². The molecule has 29 heavy (non-hydrogen) atoms. The van der Waals surface area contributed by atoms with Crippen molar-refractivity contribution in [3.8, 4) is 11.5 Å². The normalized spacial score (nSPS) is 9.93. The molecule has 0 unspecified atom stereocenters. The van der Waals surface area contributed by atoms with Gasteiger partial charge in [-0.25, -0.2) is 23.4 Å². The molecule has 13 heteroatoms. The van der Waals surface area contributed by atoms with E-state index >= 15 is 0 Å². The van der Waals surface area contributed by atoms with Crippen LogP contribution in [0.3, 0.4) is 0 Å². The zero-order chi connectivity index (χ0) is 21.6. The molecule has 2 aromatic carbocycles. The van der Waals surface area contributed by atoms with Crippen LogP contribution in [0.25, 0.3) is 0 Å². The molecule has 0 heterocycles. The molecule has 152 valence electrons. The Hall–Kier alpha value is -4.04. The minimum Gasteiger partial charge on any atom is -0.457 e. The van der Waals surface area contributed by atoms with E-state index in [0.29, 0.717) is 0 Å². The molecule has 0 spiro atoms. The average molecular weight is 402 g/mol. The van der Waals surface area contributed by atoms with Gasteiger partial charge in [-0.3, -0.25) is 40.9 Å². The number of ether oxygens (including phenoxy) is 1. The average Bonchev–Trinajstić information content (AvgIpc) is 2.76. The number of benzene rings is 2. The van der Waals surface area contributed by atoms with Crippen LogP contribution in [-0.2, 0) is 0 Å². The molecular weight excluding hydrogens is 384 g/mol. The maximum atomic E-state index is 12.0. The predicted octanol–water partition coefficient (Wildman–Crippen LogP) is -2.11. The number of nitrogen functional groups attached to an aromatic ring is 4. The van der Waals surface area contributed by atoms with E-state index < -0.39 is 23.6 Å². The fourth-order valence-corrected chi connectivity index (χ4v) is 2.39. The Morgan fingerprint density at radius 3 is 1.17 bits per heavy atom. The van der Waals surface area contributed by atoms with Crippen LogP contribution in [0.4, 0.5) is 0 Å². The Kier molecular flexibility index (Phi) is 6.78. The van der Waals surface area contributed by atoms with Crippen LogP contribution in [0.2, 0.25) is 0 Å². The lowest BCUT2D eigenvalue weighted by molar-refractivity contribution is 0.0919. The summed E-state index contributed by atoms with van der Waals surface area (Å²) in [5.41, 5.74) is 7.36. The van der Waals surface area contributed by atoms with Crippen LogP contribution in [0.15, 0.2) is 36.4 Å². The molecule has 4 amide bonds. The van der Waals surface area contributed by atoms with Gasteiger partial charge in [0.05, 0.1) is 22.3 Å². The van der Waals surface area contributed by atoms with Crippen LogP contribution in [0, 0.1) is 0 Å². The Morgan fingerprint density at radius 1 is 0.552 bits per heavy atom. The smallest absolute Gasteiger partial charge is 0.266 e. The van der Waals surface area contributed by atoms with Crippen molar-refractivity contribution in [3.63, 3.8) is 0 Å². The summed E-state index contributed by atoms with van der Waals surface area (Å²) in [7, 11) is 0. The second-order valence-electron chi connectivity index (χ2n) is 5.41. The molecular formula is C16H18N8O5. The van der Waals surface area contributed by atoms with E-state index in [4.69, 9.17) is 28.1 Å². The van der Waals surface area contributed by atoms with Crippen molar-refractivity contribution in [1.29, 1.82) is 0 Å². The Labute approximate surface area is 163 Å². The SMILES string of the molecule is NNC(=O)c1ccc(Oc2ccc(C(=O)NN)c(C(=O)NN)c2)cc1C(=O)NN. The lowest BCUT2D eigenvalue weighted by Gasteiger charge is -2.13. The molecule has 0 saturated carbocycles. The van der Waals surface area contributed by atoms with Gasteiger partial charge in [-0.15, -0.1) is 0 Å². The first-order chi connectivity index (χ1) is 13.9. The molecule has 0 aromatic heterocycles. The van der Waals surface area contributed by atoms with E-state index in [-0.39, 0.29) is 33.8 Å². The van der Waals surface area contributed by atoms with E-state index in [1.807, 2.05) is 21.7 Å². The summed E-state index contributed by atoms with van der Waals surface area (Å²) in [6.07, 6.45) is 0. The molecule has 13 nitrogen and oxygen atoms in total. The minimum absolute atomic E-state index is 0.0408. The predicted molar refractivity (Wildman–Crippen MR) is 99.6 cm³/mol. The van der Waals surface area contributed by atoms with Gasteiger partial charge < -0.3 is 4.74 Å². The molecule has 0 fully saturated rings. The fraction of sp³-hybridized carbons (Fsp3) is 0. The highest BCUT2D eigenvalue weighted by Gasteiger charge is 2.19. The van der Waals surface area contributed by atoms with Crippen molar-refractivity contribution in [2.24, 2.45) is 23.4 Å². The molecule has 0 radical (unpaired) electrons. The fourth-order valence-electron chi connectivity index (χ4n) is 2.39. The van der Waals surface area contributed by atoms with Crippen molar-refractivity contribution in [3.05, 3.63) is 58.7 Å². The third-order valence-corrected chi connectivity index (χ3v) is 3.72. The first-order valence-electron chi connectivity index (χ1n) is 7.86. The summed E-state index contributed by atoms with van der Waals surface area (Å²) < 4.78 is 5.62. The van der Waals surface area contributed by atoms with Crippen molar-refractivity contribution >= 4 is 23.6 Å². The quantitative estimate of drug-likeness (QED) is 0.150. The number of nitrogens with two attached hydrogens (primary N) is 4. The van der Waals surface area contributed by atoms with Gasteiger partial charge in [-0.05, 0) is 36.4 Å². The number of rotatable bonds is 6. The summed E-state index contributed by atoms with van der Waals surface area (Å²) >= 11 is 0. The Balaban J connectivity index is 2.45. The highest BCUT2D eigenvalue weighted by Crippen LogP contribution is 2.26. The number of nitrogens with one attached hydrogen (secondary N) is 4. The summed E-state index contributed by atoms with van der Waals surface area (Å²) in [5.74, 6) is 17.8. The van der Waals surface area contributed by atoms with Crippen LogP contribution < -0.4 is 49.8 Å². The minimum atomic E-state index is -0.757. The number of carbonyl (C=O) groups excluding carboxylic acids is 4. The zero-order valence-corrected chi connectivity index (χ0v) is 14.8. The number of hydrogen-bond donors (Lipinski definition) is 8. The molecule has 0 saturated heterocycles. The Bertz CT molecular complexity index is 900. The van der Waals surface area contributed by atoms with Crippen LogP contribution in [0.1, 0.15) is 41.4 Å². The highest BCUT2D eigenvalue weighted by atomic mass is 16.5. The number of hydrogen-bond acceptors (Lipinski definition) is 9. The lowest BCUT2D eigenvalue weighted by atomic mass is 10.0. The van der Waals surface area contributed by atoms with Gasteiger partial charge in [0.1, 0.15) is 11.5 Å². The van der Waals surface area contributed by atoms with Gasteiger partial charge in [-0.2, -0.15) is 0 Å². The van der Waals surface area contributed by atoms with Gasteiger partial charge in [0, 0.05) is 0 Å². The summed E-state index contributed by atoms with van der Waals surface area (Å²) in [5, 5.41) is 0. The van der Waals surface area contributed by atoms with Gasteiger partial charge >= 0.3 is 0 Å². The second kappa shape index (κ2) is 9.25. The van der Waals surface area contributed by atoms with E-state index in [1.54, 1.807) is 0 Å². The molecule has 12 N–H and O–H groups in total. The topological polar surface area (TPSA) is 230 Å². The van der Waals surface area contributed by atoms with Crippen molar-refractivity contribution < 1.29 is 23.9 Å². The highest BCUT2D eigenvalue weighted by molar-refractivity contribution is 6.08. The molecule has 2 aromatic rings. The maximum Gasteiger partial charge on any atom is 0.266 e. The monoisotopic (exact) mass is 402 g/mol. The van der Waals surface area contributed by atoms with Gasteiger partial charge in [0.25, 0.3) is 23.6 Å². The molecule has 0 aliphatic rings. The van der Waals surface area contributed by atoms with E-state index in [0.717, 1.165) is 0 Å². The summed E-state index contributed by atoms with van der Waals surface area (Å²) in [4.78, 5) is 47.5. The molecule has 0 aliphatic heterocycles. The lowest BCUT2D eigenvalue weighted by Crippen LogP contribution is -2.35.